The Morgan fingerprint density at radius 2 is 2.15 bits per heavy atom. The van der Waals surface area contributed by atoms with Crippen molar-refractivity contribution >= 4 is 45.5 Å². The number of methoxy groups -OCH3 is 1. The highest BCUT2D eigenvalue weighted by Gasteiger charge is 2.30. The Bertz CT molecular complexity index is 1280. The van der Waals surface area contributed by atoms with Gasteiger partial charge in [0.1, 0.15) is 27.2 Å². The second-order valence-electron chi connectivity index (χ2n) is 8.18. The van der Waals surface area contributed by atoms with Crippen molar-refractivity contribution in [3.8, 4) is 22.0 Å². The van der Waals surface area contributed by atoms with Crippen LogP contribution in [0.1, 0.15) is 28.9 Å². The summed E-state index contributed by atoms with van der Waals surface area (Å²) in [6.45, 7) is 2.19. The molecule has 0 bridgehead atoms. The number of thiazole rings is 1. The zero-order chi connectivity index (χ0) is 23.5. The van der Waals surface area contributed by atoms with Crippen LogP contribution in [0, 0.1) is 0 Å². The maximum atomic E-state index is 12.9. The molecule has 7 nitrogen and oxygen atoms in total. The molecule has 3 aromatic heterocycles. The van der Waals surface area contributed by atoms with Crippen LogP contribution in [0.15, 0.2) is 51.6 Å². The number of esters is 1. The molecule has 4 heterocycles. The number of likely N-dealkylation sites (tertiary alicyclic amines) is 1. The van der Waals surface area contributed by atoms with Gasteiger partial charge in [-0.15, -0.1) is 22.7 Å². The van der Waals surface area contributed by atoms with Crippen molar-refractivity contribution < 1.29 is 18.7 Å². The van der Waals surface area contributed by atoms with E-state index in [2.05, 4.69) is 10.2 Å². The zero-order valence-electron chi connectivity index (χ0n) is 18.8. The molecule has 1 fully saturated rings. The Balaban J connectivity index is 1.20. The topological polar surface area (TPSA) is 84.7 Å². The molecule has 1 atom stereocenters. The summed E-state index contributed by atoms with van der Waals surface area (Å²) in [6, 6.07) is 11.6. The fraction of sp³-hybridized carbons (Fsp3) is 0.320. The lowest BCUT2D eigenvalue weighted by Crippen LogP contribution is -2.38. The summed E-state index contributed by atoms with van der Waals surface area (Å²) < 4.78 is 10.8. The molecule has 1 unspecified atom stereocenters. The van der Waals surface area contributed by atoms with Gasteiger partial charge in [-0.05, 0) is 49.4 Å². The summed E-state index contributed by atoms with van der Waals surface area (Å²) >= 11 is 2.91. The van der Waals surface area contributed by atoms with Gasteiger partial charge in [0, 0.05) is 29.4 Å². The van der Waals surface area contributed by atoms with Crippen molar-refractivity contribution in [2.75, 3.05) is 26.7 Å². The molecular formula is C25H25N3O4S2. The lowest BCUT2D eigenvalue weighted by Gasteiger charge is -2.22. The lowest BCUT2D eigenvalue weighted by molar-refractivity contribution is -0.145. The van der Waals surface area contributed by atoms with E-state index in [0.29, 0.717) is 11.4 Å². The van der Waals surface area contributed by atoms with Crippen molar-refractivity contribution in [2.24, 2.45) is 0 Å². The Hall–Kier alpha value is -3.01. The SMILES string of the molecule is COC(=O)C1CCCN1CCCNC(=O)c1sccc1-c1nc(-c2cc3ccccc3o2)cs1. The molecule has 176 valence electrons. The summed E-state index contributed by atoms with van der Waals surface area (Å²) in [4.78, 5) is 32.3. The number of carbonyl (C=O) groups excluding carboxylic acids is 2. The Labute approximate surface area is 205 Å². The van der Waals surface area contributed by atoms with Crippen LogP contribution < -0.4 is 5.32 Å². The summed E-state index contributed by atoms with van der Waals surface area (Å²) in [5, 5.41) is 8.72. The number of para-hydroxylation sites is 1. The molecule has 1 amide bonds. The third-order valence-electron chi connectivity index (χ3n) is 6.03. The van der Waals surface area contributed by atoms with Gasteiger partial charge < -0.3 is 14.5 Å². The molecule has 34 heavy (non-hydrogen) atoms. The number of hydrogen-bond donors (Lipinski definition) is 1. The summed E-state index contributed by atoms with van der Waals surface area (Å²) in [7, 11) is 1.43. The van der Waals surface area contributed by atoms with E-state index in [1.54, 1.807) is 0 Å². The molecule has 0 radical (unpaired) electrons. The van der Waals surface area contributed by atoms with Gasteiger partial charge in [0.2, 0.25) is 0 Å². The number of nitrogens with one attached hydrogen (secondary N) is 1. The Kier molecular flexibility index (Phi) is 6.75. The lowest BCUT2D eigenvalue weighted by atomic mass is 10.2. The van der Waals surface area contributed by atoms with Crippen molar-refractivity contribution in [3.63, 3.8) is 0 Å². The van der Waals surface area contributed by atoms with E-state index in [1.807, 2.05) is 47.2 Å². The molecule has 1 saturated heterocycles. The number of aromatic nitrogens is 1. The molecule has 0 saturated carbocycles. The zero-order valence-corrected chi connectivity index (χ0v) is 20.4. The highest BCUT2D eigenvalue weighted by molar-refractivity contribution is 7.15. The number of hydrogen-bond acceptors (Lipinski definition) is 8. The summed E-state index contributed by atoms with van der Waals surface area (Å²) in [6.07, 6.45) is 2.60. The first-order chi connectivity index (χ1) is 16.6. The number of fused-ring (bicyclic) bond motifs is 1. The van der Waals surface area contributed by atoms with Gasteiger partial charge in [0.25, 0.3) is 5.91 Å². The summed E-state index contributed by atoms with van der Waals surface area (Å²) in [5.41, 5.74) is 2.43. The van der Waals surface area contributed by atoms with Crippen molar-refractivity contribution in [1.82, 2.24) is 15.2 Å². The number of benzene rings is 1. The van der Waals surface area contributed by atoms with Crippen LogP contribution in [-0.4, -0.2) is 54.5 Å². The molecule has 9 heteroatoms. The van der Waals surface area contributed by atoms with Gasteiger partial charge >= 0.3 is 5.97 Å². The second kappa shape index (κ2) is 10.1. The van der Waals surface area contributed by atoms with Crippen LogP contribution in [0.25, 0.3) is 33.0 Å². The van der Waals surface area contributed by atoms with Crippen LogP contribution in [0.5, 0.6) is 0 Å². The van der Waals surface area contributed by atoms with Gasteiger partial charge in [-0.3, -0.25) is 14.5 Å². The van der Waals surface area contributed by atoms with Gasteiger partial charge in [-0.1, -0.05) is 18.2 Å². The second-order valence-corrected chi connectivity index (χ2v) is 9.95. The normalized spacial score (nSPS) is 16.2. The maximum Gasteiger partial charge on any atom is 0.323 e. The molecule has 4 aromatic rings. The fourth-order valence-corrected chi connectivity index (χ4v) is 6.05. The van der Waals surface area contributed by atoms with E-state index >= 15 is 0 Å². The van der Waals surface area contributed by atoms with Crippen LogP contribution in [-0.2, 0) is 9.53 Å². The molecule has 0 aliphatic carbocycles. The van der Waals surface area contributed by atoms with Crippen molar-refractivity contribution in [2.45, 2.75) is 25.3 Å². The Morgan fingerprint density at radius 1 is 1.26 bits per heavy atom. The highest BCUT2D eigenvalue weighted by atomic mass is 32.1. The average Bonchev–Trinajstić information content (AvgIpc) is 3.65. The third kappa shape index (κ3) is 4.64. The maximum absolute atomic E-state index is 12.9. The molecule has 1 N–H and O–H groups in total. The van der Waals surface area contributed by atoms with Crippen LogP contribution in [0.3, 0.4) is 0 Å². The monoisotopic (exact) mass is 495 g/mol. The van der Waals surface area contributed by atoms with E-state index in [1.165, 1.54) is 29.8 Å². The molecule has 0 spiro atoms. The minimum absolute atomic E-state index is 0.101. The van der Waals surface area contributed by atoms with Crippen LogP contribution in [0.4, 0.5) is 0 Å². The first-order valence-corrected chi connectivity index (χ1v) is 13.0. The van der Waals surface area contributed by atoms with Gasteiger partial charge in [0.15, 0.2) is 5.76 Å². The standard InChI is InChI=1S/C25H25N3O4S2/c1-31-25(30)19-7-4-11-28(19)12-5-10-26-23(29)22-17(9-13-33-22)24-27-18(15-34-24)21-14-16-6-2-3-8-20(16)32-21/h2-3,6,8-9,13-15,19H,4-5,7,10-12H2,1H3,(H,26,29). The molecule has 5 rings (SSSR count). The van der Waals surface area contributed by atoms with Crippen molar-refractivity contribution in [3.05, 3.63) is 52.0 Å². The first-order valence-electron chi connectivity index (χ1n) is 11.3. The van der Waals surface area contributed by atoms with E-state index < -0.39 is 0 Å². The summed E-state index contributed by atoms with van der Waals surface area (Å²) in [5.74, 6) is 0.448. The largest absolute Gasteiger partial charge is 0.468 e. The van der Waals surface area contributed by atoms with Crippen LogP contribution in [0.2, 0.25) is 0 Å². The Morgan fingerprint density at radius 3 is 3.00 bits per heavy atom. The number of rotatable bonds is 8. The van der Waals surface area contributed by atoms with E-state index in [0.717, 1.165) is 65.3 Å². The smallest absolute Gasteiger partial charge is 0.323 e. The van der Waals surface area contributed by atoms with E-state index in [9.17, 15) is 9.59 Å². The quantitative estimate of drug-likeness (QED) is 0.272. The van der Waals surface area contributed by atoms with Gasteiger partial charge in [-0.25, -0.2) is 4.98 Å². The number of ether oxygens (including phenoxy) is 1. The number of nitrogens with zero attached hydrogens (tertiary/aromatic N) is 2. The molecule has 1 aliphatic rings. The number of amides is 1. The fourth-order valence-electron chi connectivity index (χ4n) is 4.33. The predicted molar refractivity (Wildman–Crippen MR) is 134 cm³/mol. The predicted octanol–water partition coefficient (Wildman–Crippen LogP) is 5.04. The number of furan rings is 1. The van der Waals surface area contributed by atoms with Crippen molar-refractivity contribution in [1.29, 1.82) is 0 Å². The van der Waals surface area contributed by atoms with Gasteiger partial charge in [-0.2, -0.15) is 0 Å². The average molecular weight is 496 g/mol. The molecule has 1 aliphatic heterocycles. The third-order valence-corrected chi connectivity index (χ3v) is 7.82. The van der Waals surface area contributed by atoms with Crippen LogP contribution >= 0.6 is 22.7 Å². The van der Waals surface area contributed by atoms with E-state index in [-0.39, 0.29) is 17.9 Å². The minimum atomic E-state index is -0.171. The van der Waals surface area contributed by atoms with E-state index in [4.69, 9.17) is 14.1 Å². The first kappa shape index (κ1) is 22.8. The molecular weight excluding hydrogens is 470 g/mol. The minimum Gasteiger partial charge on any atom is -0.468 e. The van der Waals surface area contributed by atoms with Gasteiger partial charge in [0.05, 0.1) is 7.11 Å². The number of carbonyl (C=O) groups is 2. The molecule has 1 aromatic carbocycles. The number of thiophene rings is 1. The highest BCUT2D eigenvalue weighted by Crippen LogP contribution is 2.35.